The summed E-state index contributed by atoms with van der Waals surface area (Å²) in [6.45, 7) is 0. The Hall–Kier alpha value is -2.25. The summed E-state index contributed by atoms with van der Waals surface area (Å²) in [6.07, 6.45) is -4.83. The lowest BCUT2D eigenvalue weighted by atomic mass is 10.1. The van der Waals surface area contributed by atoms with Crippen LogP contribution in [-0.4, -0.2) is 18.2 Å². The second-order valence-electron chi connectivity index (χ2n) is 3.49. The van der Waals surface area contributed by atoms with Crippen molar-refractivity contribution < 1.29 is 22.7 Å². The molecule has 8 heteroatoms. The molecule has 0 spiro atoms. The summed E-state index contributed by atoms with van der Waals surface area (Å²) in [5.74, 6) is -1.19. The van der Waals surface area contributed by atoms with Crippen LogP contribution < -0.4 is 15.8 Å². The largest absolute Gasteiger partial charge is 0.573 e. The standard InChI is InChI=1S/C10H8F3N3O2/c11-10(12,13)18-6-4-2-1-3-5(6)7-8(17)16-9(14)15-7/h1-4,7H,(H3,14,15,16,17). The lowest BCUT2D eigenvalue weighted by Crippen LogP contribution is -2.31. The number of hydrogen-bond acceptors (Lipinski definition) is 4. The van der Waals surface area contributed by atoms with Crippen LogP contribution in [0.4, 0.5) is 13.2 Å². The average Bonchev–Trinajstić information content (AvgIpc) is 2.56. The minimum absolute atomic E-state index is 0.00720. The van der Waals surface area contributed by atoms with Crippen molar-refractivity contribution in [2.24, 2.45) is 10.7 Å². The highest BCUT2D eigenvalue weighted by Crippen LogP contribution is 2.33. The van der Waals surface area contributed by atoms with E-state index >= 15 is 0 Å². The summed E-state index contributed by atoms with van der Waals surface area (Å²) in [5, 5.41) is 2.21. The number of carbonyl (C=O) groups is 1. The Kier molecular flexibility index (Phi) is 2.85. The molecule has 0 fully saturated rings. The van der Waals surface area contributed by atoms with Gasteiger partial charge in [-0.2, -0.15) is 0 Å². The third-order valence-corrected chi connectivity index (χ3v) is 2.21. The normalized spacial score (nSPS) is 19.4. The number of para-hydroxylation sites is 1. The van der Waals surface area contributed by atoms with Gasteiger partial charge in [0, 0.05) is 5.56 Å². The zero-order valence-electron chi connectivity index (χ0n) is 8.86. The fourth-order valence-corrected chi connectivity index (χ4v) is 1.56. The van der Waals surface area contributed by atoms with Gasteiger partial charge >= 0.3 is 6.36 Å². The predicted molar refractivity (Wildman–Crippen MR) is 55.6 cm³/mol. The van der Waals surface area contributed by atoms with Crippen molar-refractivity contribution in [2.75, 3.05) is 0 Å². The molecule has 1 aromatic carbocycles. The molecule has 18 heavy (non-hydrogen) atoms. The number of hydrogen-bond donors (Lipinski definition) is 2. The van der Waals surface area contributed by atoms with E-state index in [1.807, 2.05) is 0 Å². The molecule has 0 saturated heterocycles. The van der Waals surface area contributed by atoms with Gasteiger partial charge in [0.05, 0.1) is 0 Å². The quantitative estimate of drug-likeness (QED) is 0.834. The van der Waals surface area contributed by atoms with Crippen molar-refractivity contribution in [1.82, 2.24) is 5.32 Å². The first-order chi connectivity index (χ1) is 8.37. The van der Waals surface area contributed by atoms with Crippen LogP contribution in [0.2, 0.25) is 0 Å². The number of guanidine groups is 1. The fraction of sp³-hybridized carbons (Fsp3) is 0.200. The molecule has 0 bridgehead atoms. The highest BCUT2D eigenvalue weighted by molar-refractivity contribution is 6.04. The molecule has 0 aromatic heterocycles. The number of aliphatic imine (C=N–C) groups is 1. The van der Waals surface area contributed by atoms with Gasteiger partial charge in [-0.3, -0.25) is 10.1 Å². The Bertz CT molecular complexity index is 513. The van der Waals surface area contributed by atoms with Crippen LogP contribution in [0.15, 0.2) is 29.3 Å². The van der Waals surface area contributed by atoms with E-state index in [0.717, 1.165) is 6.07 Å². The van der Waals surface area contributed by atoms with E-state index in [4.69, 9.17) is 5.73 Å². The highest BCUT2D eigenvalue weighted by Gasteiger charge is 2.35. The van der Waals surface area contributed by atoms with E-state index in [2.05, 4.69) is 15.0 Å². The van der Waals surface area contributed by atoms with Crippen LogP contribution in [0.25, 0.3) is 0 Å². The number of rotatable bonds is 2. The molecule has 0 saturated carbocycles. The van der Waals surface area contributed by atoms with Crippen LogP contribution in [-0.2, 0) is 4.79 Å². The number of ether oxygens (including phenoxy) is 1. The molecule has 96 valence electrons. The number of nitrogens with zero attached hydrogens (tertiary/aromatic N) is 1. The van der Waals surface area contributed by atoms with Gasteiger partial charge in [-0.05, 0) is 6.07 Å². The van der Waals surface area contributed by atoms with Crippen LogP contribution in [0.1, 0.15) is 11.6 Å². The number of carbonyl (C=O) groups excluding carboxylic acids is 1. The topological polar surface area (TPSA) is 76.7 Å². The average molecular weight is 259 g/mol. The number of nitrogens with two attached hydrogens (primary N) is 1. The maximum absolute atomic E-state index is 12.2. The summed E-state index contributed by atoms with van der Waals surface area (Å²) < 4.78 is 40.4. The minimum Gasteiger partial charge on any atom is -0.405 e. The number of alkyl halides is 3. The Morgan fingerprint density at radius 1 is 1.33 bits per heavy atom. The van der Waals surface area contributed by atoms with Crippen molar-refractivity contribution in [1.29, 1.82) is 0 Å². The molecule has 1 aliphatic heterocycles. The van der Waals surface area contributed by atoms with Crippen molar-refractivity contribution in [2.45, 2.75) is 12.4 Å². The van der Waals surface area contributed by atoms with Crippen molar-refractivity contribution in [3.05, 3.63) is 29.8 Å². The van der Waals surface area contributed by atoms with Crippen LogP contribution in [0, 0.1) is 0 Å². The first kappa shape index (κ1) is 12.2. The lowest BCUT2D eigenvalue weighted by molar-refractivity contribution is -0.275. The van der Waals surface area contributed by atoms with E-state index in [-0.39, 0.29) is 11.5 Å². The molecule has 3 N–H and O–H groups in total. The summed E-state index contributed by atoms with van der Waals surface area (Å²) in [4.78, 5) is 15.2. The van der Waals surface area contributed by atoms with E-state index in [1.54, 1.807) is 0 Å². The first-order valence-corrected chi connectivity index (χ1v) is 4.85. The Balaban J connectivity index is 2.36. The molecule has 1 unspecified atom stereocenters. The third-order valence-electron chi connectivity index (χ3n) is 2.21. The van der Waals surface area contributed by atoms with Gasteiger partial charge in [0.15, 0.2) is 12.0 Å². The van der Waals surface area contributed by atoms with Crippen LogP contribution >= 0.6 is 0 Å². The summed E-state index contributed by atoms with van der Waals surface area (Å²) in [6, 6.07) is 4.16. The van der Waals surface area contributed by atoms with Crippen molar-refractivity contribution in [3.63, 3.8) is 0 Å². The minimum atomic E-state index is -4.83. The van der Waals surface area contributed by atoms with Crippen molar-refractivity contribution in [3.8, 4) is 5.75 Å². The van der Waals surface area contributed by atoms with E-state index < -0.39 is 24.1 Å². The van der Waals surface area contributed by atoms with Gasteiger partial charge in [0.2, 0.25) is 0 Å². The Morgan fingerprint density at radius 3 is 2.56 bits per heavy atom. The molecule has 1 heterocycles. The monoisotopic (exact) mass is 259 g/mol. The number of benzene rings is 1. The molecule has 1 aliphatic rings. The van der Waals surface area contributed by atoms with Gasteiger partial charge in [0.25, 0.3) is 5.91 Å². The SMILES string of the molecule is NC1=NC(c2ccccc2OC(F)(F)F)C(=O)N1. The second-order valence-corrected chi connectivity index (χ2v) is 3.49. The van der Waals surface area contributed by atoms with E-state index in [9.17, 15) is 18.0 Å². The maximum atomic E-state index is 12.2. The molecule has 5 nitrogen and oxygen atoms in total. The number of halogens is 3. The number of nitrogens with one attached hydrogen (secondary N) is 1. The molecule has 2 rings (SSSR count). The van der Waals surface area contributed by atoms with Gasteiger partial charge in [-0.1, -0.05) is 18.2 Å². The molecule has 1 atom stereocenters. The molecule has 0 aliphatic carbocycles. The fourth-order valence-electron chi connectivity index (χ4n) is 1.56. The van der Waals surface area contributed by atoms with E-state index in [0.29, 0.717) is 0 Å². The van der Waals surface area contributed by atoms with Gasteiger partial charge < -0.3 is 10.5 Å². The second kappa shape index (κ2) is 4.21. The van der Waals surface area contributed by atoms with Gasteiger partial charge in [-0.15, -0.1) is 13.2 Å². The maximum Gasteiger partial charge on any atom is 0.573 e. The van der Waals surface area contributed by atoms with Crippen LogP contribution in [0.5, 0.6) is 5.75 Å². The summed E-state index contributed by atoms with van der Waals surface area (Å²) in [5.41, 5.74) is 5.29. The highest BCUT2D eigenvalue weighted by atomic mass is 19.4. The molecular weight excluding hydrogens is 251 g/mol. The van der Waals surface area contributed by atoms with Crippen LogP contribution in [0.3, 0.4) is 0 Å². The van der Waals surface area contributed by atoms with Crippen molar-refractivity contribution >= 4 is 11.9 Å². The Labute approximate surface area is 99.4 Å². The van der Waals surface area contributed by atoms with Gasteiger partial charge in [0.1, 0.15) is 5.75 Å². The van der Waals surface area contributed by atoms with Gasteiger partial charge in [-0.25, -0.2) is 4.99 Å². The third kappa shape index (κ3) is 2.53. The molecule has 1 aromatic rings. The lowest BCUT2D eigenvalue weighted by Gasteiger charge is -2.14. The smallest absolute Gasteiger partial charge is 0.405 e. The summed E-state index contributed by atoms with van der Waals surface area (Å²) >= 11 is 0. The zero-order chi connectivity index (χ0) is 13.3. The molecule has 0 radical (unpaired) electrons. The molecular formula is C10H8F3N3O2. The molecule has 1 amide bonds. The zero-order valence-corrected chi connectivity index (χ0v) is 8.86. The predicted octanol–water partition coefficient (Wildman–Crippen LogP) is 1.07. The summed E-state index contributed by atoms with van der Waals surface area (Å²) in [7, 11) is 0. The Morgan fingerprint density at radius 2 is 2.00 bits per heavy atom. The van der Waals surface area contributed by atoms with E-state index in [1.165, 1.54) is 18.2 Å². The number of amides is 1. The first-order valence-electron chi connectivity index (χ1n) is 4.85.